The van der Waals surface area contributed by atoms with Gasteiger partial charge in [-0.3, -0.25) is 28.2 Å². The van der Waals surface area contributed by atoms with Crippen molar-refractivity contribution in [3.63, 3.8) is 0 Å². The molecule has 0 aromatic carbocycles. The standard InChI is InChI=1S/C17H24F3N3O17P2/c18-17(19,20)15(30)22-8-11(28)9(26)5(3-24)38-14(8)39-42(34,35)40-41(32,33)36-4-6-10(27)12(29)13(37-6)23-2-1-7(25)21-16(23)31/h1-2,5-6,8-14,24,26-29H,3-4H2,(H,22,30)(H,32,33)(H,34,35)(H,21,25,31)/t5-,6-,8-,9+,10-,11-,12-,13-,14-/m1/s1. The molecular weight excluding hydrogens is 637 g/mol. The number of amides is 1. The molecule has 25 heteroatoms. The monoisotopic (exact) mass is 661 g/mol. The van der Waals surface area contributed by atoms with Crippen molar-refractivity contribution in [3.05, 3.63) is 33.1 Å². The first kappa shape index (κ1) is 34.4. The first-order valence-corrected chi connectivity index (χ1v) is 14.3. The Morgan fingerprint density at radius 3 is 2.21 bits per heavy atom. The van der Waals surface area contributed by atoms with Gasteiger partial charge in [0, 0.05) is 12.3 Å². The number of rotatable bonds is 10. The number of aromatic nitrogens is 2. The summed E-state index contributed by atoms with van der Waals surface area (Å²) in [6.45, 7) is -2.29. The highest BCUT2D eigenvalue weighted by atomic mass is 31.3. The Bertz CT molecular complexity index is 1340. The molecule has 1 amide bonds. The number of hydrogen-bond acceptors (Lipinski definition) is 15. The van der Waals surface area contributed by atoms with Crippen molar-refractivity contribution in [1.82, 2.24) is 14.9 Å². The molecule has 20 nitrogen and oxygen atoms in total. The Labute approximate surface area is 230 Å². The number of halogens is 3. The number of carbonyl (C=O) groups excluding carboxylic acids is 1. The smallest absolute Gasteiger partial charge is 0.394 e. The minimum atomic E-state index is -5.95. The minimum Gasteiger partial charge on any atom is -0.394 e. The molecule has 9 N–H and O–H groups in total. The van der Waals surface area contributed by atoms with Gasteiger partial charge in [-0.1, -0.05) is 0 Å². The van der Waals surface area contributed by atoms with E-state index in [1.165, 1.54) is 0 Å². The van der Waals surface area contributed by atoms with Gasteiger partial charge >= 0.3 is 33.4 Å². The summed E-state index contributed by atoms with van der Waals surface area (Å²) in [6.07, 6.45) is -20.8. The Kier molecular flexibility index (Phi) is 10.6. The molecule has 3 rings (SSSR count). The number of aliphatic hydroxyl groups excluding tert-OH is 5. The topological polar surface area (TPSA) is 306 Å². The molecule has 1 aromatic heterocycles. The van der Waals surface area contributed by atoms with Gasteiger partial charge in [0.2, 0.25) is 0 Å². The lowest BCUT2D eigenvalue weighted by atomic mass is 9.97. The van der Waals surface area contributed by atoms with Gasteiger partial charge in [-0.25, -0.2) is 13.9 Å². The predicted molar refractivity (Wildman–Crippen MR) is 121 cm³/mol. The Balaban J connectivity index is 1.69. The van der Waals surface area contributed by atoms with Crippen LogP contribution in [-0.2, 0) is 36.8 Å². The SMILES string of the molecule is O=C(N[C@H]1[C@@H](OP(=O)(O)OP(=O)(O)OC[C@H]2O[C@@H](n3ccc(=O)[nH]c3=O)[C@H](O)[C@@H]2O)O[C@H](CO)[C@H](O)[C@@H]1O)C(F)(F)F. The fourth-order valence-corrected chi connectivity index (χ4v) is 5.92. The van der Waals surface area contributed by atoms with Crippen LogP contribution in [0.5, 0.6) is 0 Å². The summed E-state index contributed by atoms with van der Waals surface area (Å²) in [7, 11) is -11.7. The predicted octanol–water partition coefficient (Wildman–Crippen LogP) is -4.11. The van der Waals surface area contributed by atoms with Crippen LogP contribution >= 0.6 is 15.6 Å². The molecule has 11 atom stereocenters. The second-order valence-corrected chi connectivity index (χ2v) is 11.7. The molecule has 1 aromatic rings. The van der Waals surface area contributed by atoms with Gasteiger partial charge < -0.3 is 50.1 Å². The number of ether oxygens (including phenoxy) is 2. The maximum absolute atomic E-state index is 12.7. The van der Waals surface area contributed by atoms with Crippen LogP contribution in [0.1, 0.15) is 6.23 Å². The van der Waals surface area contributed by atoms with Gasteiger partial charge in [0.25, 0.3) is 5.56 Å². The van der Waals surface area contributed by atoms with Crippen molar-refractivity contribution in [2.24, 2.45) is 0 Å². The first-order valence-electron chi connectivity index (χ1n) is 11.3. The zero-order chi connectivity index (χ0) is 31.8. The van der Waals surface area contributed by atoms with Crippen molar-refractivity contribution >= 4 is 21.6 Å². The van der Waals surface area contributed by atoms with Crippen LogP contribution in [0.4, 0.5) is 13.2 Å². The average Bonchev–Trinajstić information content (AvgIpc) is 3.14. The van der Waals surface area contributed by atoms with Crippen LogP contribution in [-0.4, -0.2) is 119 Å². The normalized spacial score (nSPS) is 34.9. The highest BCUT2D eigenvalue weighted by Gasteiger charge is 2.52. The number of nitrogens with zero attached hydrogens (tertiary/aromatic N) is 1. The van der Waals surface area contributed by atoms with E-state index in [1.54, 1.807) is 0 Å². The maximum atomic E-state index is 12.7. The van der Waals surface area contributed by atoms with E-state index in [0.717, 1.165) is 17.6 Å². The highest BCUT2D eigenvalue weighted by molar-refractivity contribution is 7.61. The summed E-state index contributed by atoms with van der Waals surface area (Å²) < 4.78 is 86.4. The number of phosphoric acid groups is 2. The number of alkyl halides is 3. The fraction of sp³-hybridized carbons (Fsp3) is 0.706. The molecule has 0 saturated carbocycles. The van der Waals surface area contributed by atoms with E-state index < -0.39 is 107 Å². The van der Waals surface area contributed by atoms with Crippen molar-refractivity contribution < 1.29 is 85.2 Å². The number of aliphatic hydroxyl groups is 5. The second-order valence-electron chi connectivity index (χ2n) is 8.69. The molecule has 3 heterocycles. The van der Waals surface area contributed by atoms with Gasteiger partial charge in [0.15, 0.2) is 12.5 Å². The van der Waals surface area contributed by atoms with Gasteiger partial charge in [-0.2, -0.15) is 17.5 Å². The van der Waals surface area contributed by atoms with Crippen LogP contribution in [0.25, 0.3) is 0 Å². The van der Waals surface area contributed by atoms with Crippen LogP contribution in [0, 0.1) is 0 Å². The van der Waals surface area contributed by atoms with Gasteiger partial charge in [-0.05, 0) is 0 Å². The van der Waals surface area contributed by atoms with E-state index in [2.05, 4.69) is 13.4 Å². The van der Waals surface area contributed by atoms with E-state index in [4.69, 9.17) is 9.47 Å². The minimum absolute atomic E-state index is 0.656. The summed E-state index contributed by atoms with van der Waals surface area (Å²) in [4.78, 5) is 56.2. The van der Waals surface area contributed by atoms with Crippen molar-refractivity contribution in [3.8, 4) is 0 Å². The lowest BCUT2D eigenvalue weighted by Crippen LogP contribution is -2.65. The van der Waals surface area contributed by atoms with Crippen molar-refractivity contribution in [1.29, 1.82) is 0 Å². The third-order valence-electron chi connectivity index (χ3n) is 5.74. The Hall–Kier alpha value is -2.08. The van der Waals surface area contributed by atoms with Crippen LogP contribution < -0.4 is 16.6 Å². The summed E-state index contributed by atoms with van der Waals surface area (Å²) in [5, 5.41) is 50.7. The molecule has 2 fully saturated rings. The Morgan fingerprint density at radius 2 is 1.64 bits per heavy atom. The van der Waals surface area contributed by atoms with Crippen LogP contribution in [0.3, 0.4) is 0 Å². The van der Waals surface area contributed by atoms with Crippen LogP contribution in [0.2, 0.25) is 0 Å². The third kappa shape index (κ3) is 8.09. The van der Waals surface area contributed by atoms with E-state index in [0.29, 0.717) is 4.57 Å². The number of hydrogen-bond donors (Lipinski definition) is 9. The fourth-order valence-electron chi connectivity index (χ4n) is 3.76. The average molecular weight is 661 g/mol. The zero-order valence-corrected chi connectivity index (χ0v) is 22.2. The quantitative estimate of drug-likeness (QED) is 0.108. The summed E-state index contributed by atoms with van der Waals surface area (Å²) in [6, 6.07) is -1.57. The van der Waals surface area contributed by atoms with Gasteiger partial charge in [0.1, 0.15) is 42.7 Å². The molecular formula is C17H24F3N3O17P2. The second kappa shape index (κ2) is 12.9. The van der Waals surface area contributed by atoms with E-state index >= 15 is 0 Å². The van der Waals surface area contributed by atoms with Gasteiger partial charge in [-0.15, -0.1) is 0 Å². The van der Waals surface area contributed by atoms with Crippen molar-refractivity contribution in [2.45, 2.75) is 61.4 Å². The number of aromatic amines is 1. The highest BCUT2D eigenvalue weighted by Crippen LogP contribution is 2.61. The van der Waals surface area contributed by atoms with E-state index in [9.17, 15) is 72.0 Å². The molecule has 0 aliphatic carbocycles. The molecule has 0 spiro atoms. The summed E-state index contributed by atoms with van der Waals surface area (Å²) >= 11 is 0. The maximum Gasteiger partial charge on any atom is 0.483 e. The molecule has 240 valence electrons. The van der Waals surface area contributed by atoms with E-state index in [-0.39, 0.29) is 0 Å². The summed E-state index contributed by atoms with van der Waals surface area (Å²) in [5.74, 6) is -2.72. The number of carbonyl (C=O) groups is 1. The van der Waals surface area contributed by atoms with E-state index in [1.807, 2.05) is 4.98 Å². The molecule has 2 aliphatic rings. The number of phosphoric ester groups is 2. The third-order valence-corrected chi connectivity index (χ3v) is 8.34. The molecule has 2 unspecified atom stereocenters. The molecule has 0 bridgehead atoms. The number of H-pyrrole nitrogens is 1. The molecule has 2 aliphatic heterocycles. The van der Waals surface area contributed by atoms with Gasteiger partial charge in [0.05, 0.1) is 13.2 Å². The Morgan fingerprint density at radius 1 is 1.02 bits per heavy atom. The first-order chi connectivity index (χ1) is 19.3. The summed E-state index contributed by atoms with van der Waals surface area (Å²) in [5.41, 5.74) is -1.87. The van der Waals surface area contributed by atoms with Crippen molar-refractivity contribution in [2.75, 3.05) is 13.2 Å². The van der Waals surface area contributed by atoms with Crippen LogP contribution in [0.15, 0.2) is 21.9 Å². The lowest BCUT2D eigenvalue weighted by molar-refractivity contribution is -0.250. The largest absolute Gasteiger partial charge is 0.483 e. The molecule has 0 radical (unpaired) electrons. The molecule has 2 saturated heterocycles. The number of nitrogens with one attached hydrogen (secondary N) is 2. The lowest BCUT2D eigenvalue weighted by Gasteiger charge is -2.42. The molecule has 42 heavy (non-hydrogen) atoms. The zero-order valence-electron chi connectivity index (χ0n) is 20.5.